The molecule has 22 heavy (non-hydrogen) atoms. The molecule has 2 aliphatic rings. The number of hydrogen-bond acceptors (Lipinski definition) is 4. The van der Waals surface area contributed by atoms with Crippen LogP contribution in [0.15, 0.2) is 18.2 Å². The molecule has 1 aliphatic carbocycles. The van der Waals surface area contributed by atoms with Crippen molar-refractivity contribution in [2.75, 3.05) is 36.5 Å². The molecule has 1 saturated carbocycles. The number of carbonyl (C=O) groups is 1. The van der Waals surface area contributed by atoms with E-state index in [-0.39, 0.29) is 11.7 Å². The molecule has 1 aromatic rings. The quantitative estimate of drug-likeness (QED) is 0.894. The second kappa shape index (κ2) is 6.22. The molecule has 3 N–H and O–H groups in total. The van der Waals surface area contributed by atoms with E-state index in [1.54, 1.807) is 6.07 Å². The lowest BCUT2D eigenvalue weighted by molar-refractivity contribution is -0.121. The van der Waals surface area contributed by atoms with Crippen LogP contribution in [0.1, 0.15) is 25.7 Å². The fourth-order valence-electron chi connectivity index (χ4n) is 3.14. The zero-order valence-corrected chi connectivity index (χ0v) is 12.6. The van der Waals surface area contributed by atoms with Crippen molar-refractivity contribution in [3.8, 4) is 0 Å². The topological polar surface area (TPSA) is 67.6 Å². The van der Waals surface area contributed by atoms with Gasteiger partial charge in [-0.15, -0.1) is 0 Å². The monoisotopic (exact) mass is 307 g/mol. The number of nitrogens with two attached hydrogens (primary N) is 1. The first-order valence-corrected chi connectivity index (χ1v) is 7.80. The first kappa shape index (κ1) is 15.2. The summed E-state index contributed by atoms with van der Waals surface area (Å²) in [6, 6.07) is 4.61. The predicted molar refractivity (Wildman–Crippen MR) is 83.4 cm³/mol. The lowest BCUT2D eigenvalue weighted by Gasteiger charge is -2.29. The summed E-state index contributed by atoms with van der Waals surface area (Å²) in [4.78, 5) is 14.4. The first-order valence-electron chi connectivity index (χ1n) is 7.80. The lowest BCUT2D eigenvalue weighted by Crippen LogP contribution is -2.48. The molecule has 0 aromatic heterocycles. The summed E-state index contributed by atoms with van der Waals surface area (Å²) >= 11 is 0. The van der Waals surface area contributed by atoms with Gasteiger partial charge in [-0.2, -0.15) is 0 Å². The Balaban J connectivity index is 1.75. The Morgan fingerprint density at radius 3 is 2.59 bits per heavy atom. The van der Waals surface area contributed by atoms with Crippen LogP contribution < -0.4 is 16.0 Å². The lowest BCUT2D eigenvalue weighted by atomic mass is 9.98. The summed E-state index contributed by atoms with van der Waals surface area (Å²) in [5, 5.41) is 2.78. The van der Waals surface area contributed by atoms with Gasteiger partial charge in [-0.05, 0) is 31.0 Å². The molecular weight excluding hydrogens is 285 g/mol. The van der Waals surface area contributed by atoms with E-state index in [4.69, 9.17) is 10.5 Å². The fourth-order valence-corrected chi connectivity index (χ4v) is 3.14. The third kappa shape index (κ3) is 3.23. The van der Waals surface area contributed by atoms with Crippen molar-refractivity contribution < 1.29 is 13.9 Å². The third-order valence-electron chi connectivity index (χ3n) is 4.46. The summed E-state index contributed by atoms with van der Waals surface area (Å²) < 4.78 is 19.2. The van der Waals surface area contributed by atoms with Gasteiger partial charge in [0.2, 0.25) is 5.91 Å². The number of carbonyl (C=O) groups excluding carboxylic acids is 1. The molecule has 3 rings (SSSR count). The predicted octanol–water partition coefficient (Wildman–Crippen LogP) is 1.87. The highest BCUT2D eigenvalue weighted by Gasteiger charge is 2.37. The average molecular weight is 307 g/mol. The van der Waals surface area contributed by atoms with Gasteiger partial charge in [0.1, 0.15) is 5.82 Å². The molecule has 0 atom stereocenters. The minimum absolute atomic E-state index is 0.219. The molecule has 1 saturated heterocycles. The van der Waals surface area contributed by atoms with Gasteiger partial charge < -0.3 is 20.7 Å². The second-order valence-corrected chi connectivity index (χ2v) is 6.11. The summed E-state index contributed by atoms with van der Waals surface area (Å²) in [7, 11) is 0. The van der Waals surface area contributed by atoms with E-state index in [2.05, 4.69) is 10.2 Å². The van der Waals surface area contributed by atoms with Gasteiger partial charge in [-0.1, -0.05) is 12.8 Å². The normalized spacial score (nSPS) is 20.9. The van der Waals surface area contributed by atoms with E-state index in [0.29, 0.717) is 31.7 Å². The molecule has 0 spiro atoms. The number of nitrogens with zero attached hydrogens (tertiary/aromatic N) is 1. The summed E-state index contributed by atoms with van der Waals surface area (Å²) in [6.07, 6.45) is 3.30. The number of anilines is 2. The van der Waals surface area contributed by atoms with Crippen LogP contribution in [0, 0.1) is 5.82 Å². The van der Waals surface area contributed by atoms with E-state index in [1.807, 2.05) is 0 Å². The number of morpholine rings is 1. The number of halogens is 1. The SMILES string of the molecule is NC1(C(=O)Nc2cc(F)cc(N3CCOCC3)c2)CCCC1. The van der Waals surface area contributed by atoms with Gasteiger partial charge in [0.15, 0.2) is 0 Å². The first-order chi connectivity index (χ1) is 10.6. The van der Waals surface area contributed by atoms with Crippen LogP contribution in [0.4, 0.5) is 15.8 Å². The molecule has 0 radical (unpaired) electrons. The fraction of sp³-hybridized carbons (Fsp3) is 0.562. The van der Waals surface area contributed by atoms with Crippen molar-refractivity contribution in [3.63, 3.8) is 0 Å². The van der Waals surface area contributed by atoms with Crippen LogP contribution in [0.2, 0.25) is 0 Å². The summed E-state index contributed by atoms with van der Waals surface area (Å²) in [5.41, 5.74) is 6.54. The minimum Gasteiger partial charge on any atom is -0.378 e. The van der Waals surface area contributed by atoms with Crippen LogP contribution >= 0.6 is 0 Å². The Labute approximate surface area is 129 Å². The molecule has 5 nitrogen and oxygen atoms in total. The van der Waals surface area contributed by atoms with Gasteiger partial charge in [-0.25, -0.2) is 4.39 Å². The van der Waals surface area contributed by atoms with Gasteiger partial charge in [0, 0.05) is 24.5 Å². The van der Waals surface area contributed by atoms with E-state index in [0.717, 1.165) is 31.6 Å². The maximum Gasteiger partial charge on any atom is 0.244 e. The van der Waals surface area contributed by atoms with Crippen molar-refractivity contribution in [3.05, 3.63) is 24.0 Å². The standard InChI is InChI=1S/C16H22FN3O2/c17-12-9-13(19-15(21)16(18)3-1-2-4-16)11-14(10-12)20-5-7-22-8-6-20/h9-11H,1-8,18H2,(H,19,21). The van der Waals surface area contributed by atoms with E-state index < -0.39 is 5.54 Å². The van der Waals surface area contributed by atoms with Gasteiger partial charge in [0.25, 0.3) is 0 Å². The molecule has 1 heterocycles. The summed E-state index contributed by atoms with van der Waals surface area (Å²) in [6.45, 7) is 2.70. The third-order valence-corrected chi connectivity index (χ3v) is 4.46. The largest absolute Gasteiger partial charge is 0.378 e. The maximum absolute atomic E-state index is 13.9. The van der Waals surface area contributed by atoms with Crippen molar-refractivity contribution in [1.29, 1.82) is 0 Å². The highest BCUT2D eigenvalue weighted by Crippen LogP contribution is 2.29. The average Bonchev–Trinajstić information content (AvgIpc) is 2.96. The molecule has 1 amide bonds. The van der Waals surface area contributed by atoms with Crippen LogP contribution in [0.3, 0.4) is 0 Å². The van der Waals surface area contributed by atoms with Crippen molar-refractivity contribution in [2.45, 2.75) is 31.2 Å². The number of nitrogens with one attached hydrogen (secondary N) is 1. The molecule has 0 unspecified atom stereocenters. The zero-order valence-electron chi connectivity index (χ0n) is 12.6. The number of rotatable bonds is 3. The van der Waals surface area contributed by atoms with Crippen LogP contribution in [-0.2, 0) is 9.53 Å². The molecule has 0 bridgehead atoms. The van der Waals surface area contributed by atoms with Crippen LogP contribution in [0.5, 0.6) is 0 Å². The van der Waals surface area contributed by atoms with Crippen molar-refractivity contribution in [1.82, 2.24) is 0 Å². The van der Waals surface area contributed by atoms with Gasteiger partial charge in [-0.3, -0.25) is 4.79 Å². The Morgan fingerprint density at radius 2 is 1.91 bits per heavy atom. The van der Waals surface area contributed by atoms with Crippen molar-refractivity contribution >= 4 is 17.3 Å². The summed E-state index contributed by atoms with van der Waals surface area (Å²) in [5.74, 6) is -0.583. The van der Waals surface area contributed by atoms with E-state index in [1.165, 1.54) is 12.1 Å². The smallest absolute Gasteiger partial charge is 0.244 e. The van der Waals surface area contributed by atoms with Gasteiger partial charge >= 0.3 is 0 Å². The number of amides is 1. The number of ether oxygens (including phenoxy) is 1. The maximum atomic E-state index is 13.9. The molecular formula is C16H22FN3O2. The van der Waals surface area contributed by atoms with E-state index >= 15 is 0 Å². The highest BCUT2D eigenvalue weighted by atomic mass is 19.1. The second-order valence-electron chi connectivity index (χ2n) is 6.11. The Morgan fingerprint density at radius 1 is 1.23 bits per heavy atom. The van der Waals surface area contributed by atoms with E-state index in [9.17, 15) is 9.18 Å². The Kier molecular flexibility index (Phi) is 4.31. The Hall–Kier alpha value is -1.66. The van der Waals surface area contributed by atoms with Crippen LogP contribution in [-0.4, -0.2) is 37.7 Å². The van der Waals surface area contributed by atoms with Crippen molar-refractivity contribution in [2.24, 2.45) is 5.73 Å². The molecule has 120 valence electrons. The molecule has 1 aromatic carbocycles. The molecule has 6 heteroatoms. The number of hydrogen-bond donors (Lipinski definition) is 2. The molecule has 2 fully saturated rings. The zero-order chi connectivity index (χ0) is 15.6. The highest BCUT2D eigenvalue weighted by molar-refractivity contribution is 5.98. The Bertz CT molecular complexity index is 552. The minimum atomic E-state index is -0.814. The van der Waals surface area contributed by atoms with Gasteiger partial charge in [0.05, 0.1) is 18.8 Å². The number of benzene rings is 1. The molecule has 1 aliphatic heterocycles. The van der Waals surface area contributed by atoms with Crippen LogP contribution in [0.25, 0.3) is 0 Å².